The fourth-order valence-corrected chi connectivity index (χ4v) is 3.05. The number of carbonyl (C=O) groups is 1. The highest BCUT2D eigenvalue weighted by molar-refractivity contribution is 7.91. The van der Waals surface area contributed by atoms with Crippen molar-refractivity contribution < 1.29 is 22.0 Å². The van der Waals surface area contributed by atoms with Crippen LogP contribution in [0.4, 0.5) is 20.7 Å². The normalized spacial score (nSPS) is 11.4. The van der Waals surface area contributed by atoms with E-state index >= 15 is 0 Å². The molecule has 152 valence electrons. The molecule has 1 amide bonds. The van der Waals surface area contributed by atoms with Crippen LogP contribution in [0, 0.1) is 0 Å². The third-order valence-electron chi connectivity index (χ3n) is 3.54. The van der Waals surface area contributed by atoms with E-state index in [-0.39, 0.29) is 17.9 Å². The molecule has 1 heterocycles. The summed E-state index contributed by atoms with van der Waals surface area (Å²) >= 11 is 0. The number of alkyl halides is 2. The molecular formula is C16H20F2N6O3S. The van der Waals surface area contributed by atoms with E-state index in [0.717, 1.165) is 12.1 Å². The molecule has 1 aromatic carbocycles. The van der Waals surface area contributed by atoms with Crippen LogP contribution in [0.15, 0.2) is 29.2 Å². The maximum atomic E-state index is 12.9. The summed E-state index contributed by atoms with van der Waals surface area (Å²) in [5.41, 5.74) is -0.377. The Morgan fingerprint density at radius 3 is 2.07 bits per heavy atom. The molecule has 0 bridgehead atoms. The van der Waals surface area contributed by atoms with Gasteiger partial charge in [-0.2, -0.15) is 23.7 Å². The van der Waals surface area contributed by atoms with Crippen molar-refractivity contribution in [3.05, 3.63) is 35.7 Å². The zero-order valence-electron chi connectivity index (χ0n) is 15.7. The van der Waals surface area contributed by atoms with Gasteiger partial charge in [-0.25, -0.2) is 8.42 Å². The number of benzene rings is 1. The van der Waals surface area contributed by atoms with Crippen molar-refractivity contribution in [1.29, 1.82) is 0 Å². The van der Waals surface area contributed by atoms with E-state index in [1.54, 1.807) is 38.0 Å². The van der Waals surface area contributed by atoms with Crippen molar-refractivity contribution in [1.82, 2.24) is 20.3 Å². The predicted octanol–water partition coefficient (Wildman–Crippen LogP) is 0.930. The van der Waals surface area contributed by atoms with Crippen molar-refractivity contribution in [2.45, 2.75) is 17.2 Å². The predicted molar refractivity (Wildman–Crippen MR) is 99.3 cm³/mol. The molecule has 2 rings (SSSR count). The number of amides is 1. The summed E-state index contributed by atoms with van der Waals surface area (Å²) in [6.45, 7) is -0.147. The number of halogens is 2. The van der Waals surface area contributed by atoms with Crippen molar-refractivity contribution in [3.8, 4) is 0 Å². The molecule has 28 heavy (non-hydrogen) atoms. The lowest BCUT2D eigenvalue weighted by molar-refractivity contribution is 0.0946. The zero-order chi connectivity index (χ0) is 21.1. The van der Waals surface area contributed by atoms with E-state index in [1.165, 1.54) is 12.1 Å². The van der Waals surface area contributed by atoms with E-state index in [2.05, 4.69) is 20.3 Å². The summed E-state index contributed by atoms with van der Waals surface area (Å²) in [6.07, 6.45) is 0. The Labute approximate surface area is 161 Å². The Morgan fingerprint density at radius 2 is 1.57 bits per heavy atom. The fourth-order valence-electron chi connectivity index (χ4n) is 2.13. The SMILES string of the molecule is CN(C)c1nc(CNC(=O)c2ccccc2S(=O)(=O)C(F)F)nc(N(C)C)n1. The van der Waals surface area contributed by atoms with Gasteiger partial charge in [0.15, 0.2) is 5.82 Å². The number of hydrogen-bond acceptors (Lipinski definition) is 8. The van der Waals surface area contributed by atoms with E-state index in [4.69, 9.17) is 0 Å². The van der Waals surface area contributed by atoms with Crippen LogP contribution in [-0.4, -0.2) is 63.2 Å². The number of nitrogens with zero attached hydrogens (tertiary/aromatic N) is 5. The lowest BCUT2D eigenvalue weighted by Crippen LogP contribution is -2.28. The molecular weight excluding hydrogens is 394 g/mol. The highest BCUT2D eigenvalue weighted by Crippen LogP contribution is 2.22. The molecule has 0 unspecified atom stereocenters. The topological polar surface area (TPSA) is 108 Å². The Kier molecular flexibility index (Phi) is 6.44. The number of anilines is 2. The third kappa shape index (κ3) is 4.68. The van der Waals surface area contributed by atoms with Crippen LogP contribution in [0.1, 0.15) is 16.2 Å². The second-order valence-corrected chi connectivity index (χ2v) is 8.01. The van der Waals surface area contributed by atoms with Gasteiger partial charge >= 0.3 is 5.76 Å². The molecule has 2 aromatic rings. The van der Waals surface area contributed by atoms with E-state index < -0.39 is 26.4 Å². The summed E-state index contributed by atoms with van der Waals surface area (Å²) in [5, 5.41) is 2.46. The molecule has 1 N–H and O–H groups in total. The van der Waals surface area contributed by atoms with Gasteiger partial charge in [-0.3, -0.25) is 4.79 Å². The molecule has 1 aromatic heterocycles. The Bertz CT molecular complexity index is 940. The first-order chi connectivity index (χ1) is 13.0. The van der Waals surface area contributed by atoms with Gasteiger partial charge in [0.2, 0.25) is 21.7 Å². The number of sulfone groups is 1. The Hall–Kier alpha value is -2.89. The van der Waals surface area contributed by atoms with Gasteiger partial charge in [-0.05, 0) is 12.1 Å². The van der Waals surface area contributed by atoms with Gasteiger partial charge in [-0.15, -0.1) is 0 Å². The standard InChI is InChI=1S/C16H20F2N6O3S/c1-23(2)15-20-12(21-16(22-15)24(3)4)9-19-13(25)10-7-5-6-8-11(10)28(26,27)14(17)18/h5-8,14H,9H2,1-4H3,(H,19,25). The van der Waals surface area contributed by atoms with Gasteiger partial charge in [0, 0.05) is 28.2 Å². The van der Waals surface area contributed by atoms with Crippen LogP contribution in [-0.2, 0) is 16.4 Å². The maximum absolute atomic E-state index is 12.9. The second-order valence-electron chi connectivity index (χ2n) is 6.12. The summed E-state index contributed by atoms with van der Waals surface area (Å²) in [5.74, 6) is -3.51. The van der Waals surface area contributed by atoms with Crippen LogP contribution < -0.4 is 15.1 Å². The number of rotatable bonds is 7. The molecule has 0 fully saturated rings. The van der Waals surface area contributed by atoms with Gasteiger partial charge in [-0.1, -0.05) is 12.1 Å². The maximum Gasteiger partial charge on any atom is 0.341 e. The molecule has 12 heteroatoms. The Morgan fingerprint density at radius 1 is 1.04 bits per heavy atom. The molecule has 0 radical (unpaired) electrons. The van der Waals surface area contributed by atoms with E-state index in [9.17, 15) is 22.0 Å². The van der Waals surface area contributed by atoms with E-state index in [1.807, 2.05) is 0 Å². The zero-order valence-corrected chi connectivity index (χ0v) is 16.5. The van der Waals surface area contributed by atoms with Gasteiger partial charge in [0.1, 0.15) is 0 Å². The van der Waals surface area contributed by atoms with Crippen LogP contribution in [0.5, 0.6) is 0 Å². The lowest BCUT2D eigenvalue weighted by Gasteiger charge is -2.16. The van der Waals surface area contributed by atoms with Gasteiger partial charge in [0.05, 0.1) is 17.0 Å². The number of carbonyl (C=O) groups excluding carboxylic acids is 1. The number of aromatic nitrogens is 3. The monoisotopic (exact) mass is 414 g/mol. The smallest absolute Gasteiger partial charge is 0.341 e. The number of hydrogen-bond donors (Lipinski definition) is 1. The van der Waals surface area contributed by atoms with Crippen LogP contribution in [0.25, 0.3) is 0 Å². The van der Waals surface area contributed by atoms with Crippen molar-refractivity contribution in [3.63, 3.8) is 0 Å². The van der Waals surface area contributed by atoms with Gasteiger partial charge in [0.25, 0.3) is 5.91 Å². The first-order valence-corrected chi connectivity index (χ1v) is 9.57. The van der Waals surface area contributed by atoms with E-state index in [0.29, 0.717) is 11.9 Å². The molecule has 0 aliphatic rings. The first kappa shape index (κ1) is 21.4. The molecule has 0 spiro atoms. The number of nitrogens with one attached hydrogen (secondary N) is 1. The average molecular weight is 414 g/mol. The quantitative estimate of drug-likeness (QED) is 0.713. The van der Waals surface area contributed by atoms with Crippen molar-refractivity contribution in [2.75, 3.05) is 38.0 Å². The third-order valence-corrected chi connectivity index (χ3v) is 4.98. The minimum Gasteiger partial charge on any atom is -0.347 e. The summed E-state index contributed by atoms with van der Waals surface area (Å²) < 4.78 is 49.3. The van der Waals surface area contributed by atoms with Crippen molar-refractivity contribution >= 4 is 27.6 Å². The van der Waals surface area contributed by atoms with Crippen LogP contribution >= 0.6 is 0 Å². The molecule has 0 saturated carbocycles. The highest BCUT2D eigenvalue weighted by Gasteiger charge is 2.30. The van der Waals surface area contributed by atoms with Crippen LogP contribution in [0.3, 0.4) is 0 Å². The molecule has 9 nitrogen and oxygen atoms in total. The summed E-state index contributed by atoms with van der Waals surface area (Å²) in [6, 6.07) is 4.78. The highest BCUT2D eigenvalue weighted by atomic mass is 32.2. The van der Waals surface area contributed by atoms with Crippen molar-refractivity contribution in [2.24, 2.45) is 0 Å². The van der Waals surface area contributed by atoms with Crippen LogP contribution in [0.2, 0.25) is 0 Å². The summed E-state index contributed by atoms with van der Waals surface area (Å²) in [7, 11) is 2.03. The largest absolute Gasteiger partial charge is 0.347 e. The lowest BCUT2D eigenvalue weighted by atomic mass is 10.2. The molecule has 0 aliphatic heterocycles. The second kappa shape index (κ2) is 8.42. The summed E-state index contributed by atoms with van der Waals surface area (Å²) in [4.78, 5) is 27.7. The molecule has 0 atom stereocenters. The fraction of sp³-hybridized carbons (Fsp3) is 0.375. The molecule has 0 aliphatic carbocycles. The Balaban J connectivity index is 2.29. The minimum absolute atomic E-state index is 0.147. The first-order valence-electron chi connectivity index (χ1n) is 8.03. The minimum atomic E-state index is -4.92. The van der Waals surface area contributed by atoms with Gasteiger partial charge < -0.3 is 15.1 Å². The molecule has 0 saturated heterocycles. The average Bonchev–Trinajstić information content (AvgIpc) is 2.65.